The quantitative estimate of drug-likeness (QED) is 0.115. The molecule has 1 unspecified atom stereocenters. The molecule has 0 saturated carbocycles. The van der Waals surface area contributed by atoms with Crippen molar-refractivity contribution in [2.75, 3.05) is 0 Å². The highest BCUT2D eigenvalue weighted by atomic mass is 19.2. The van der Waals surface area contributed by atoms with Crippen LogP contribution < -0.4 is 0 Å². The highest BCUT2D eigenvalue weighted by Gasteiger charge is 2.21. The first-order valence-electron chi connectivity index (χ1n) is 16.7. The van der Waals surface area contributed by atoms with Gasteiger partial charge < -0.3 is 0 Å². The van der Waals surface area contributed by atoms with Crippen LogP contribution in [0.1, 0.15) is 121 Å². The molecular weight excluding hydrogens is 544 g/mol. The number of halogens is 4. The van der Waals surface area contributed by atoms with E-state index in [4.69, 9.17) is 0 Å². The Balaban J connectivity index is 1.39. The van der Waals surface area contributed by atoms with Crippen molar-refractivity contribution in [3.05, 3.63) is 89.0 Å². The Kier molecular flexibility index (Phi) is 12.9. The molecule has 0 radical (unpaired) electrons. The standard InChI is InChI=1S/C39H48F4/c1-3-5-7-8-9-10-11-13-15-32-24-25-33(37(41)36(32)40)30-20-22-31(23-21-30)35-27-26-34(38(42)39(35)43)29-18-16-28(17-19-29)14-12-6-4-2/h18,20-28H,3-17,19H2,1-2H3. The van der Waals surface area contributed by atoms with Gasteiger partial charge in [0.2, 0.25) is 0 Å². The molecule has 0 amide bonds. The van der Waals surface area contributed by atoms with E-state index in [1.54, 1.807) is 48.5 Å². The number of allylic oxidation sites excluding steroid dienone is 2. The topological polar surface area (TPSA) is 0 Å². The lowest BCUT2D eigenvalue weighted by atomic mass is 9.83. The van der Waals surface area contributed by atoms with Gasteiger partial charge in [-0.1, -0.05) is 139 Å². The minimum atomic E-state index is -0.876. The number of benzene rings is 3. The van der Waals surface area contributed by atoms with Crippen LogP contribution in [0.25, 0.3) is 27.8 Å². The molecule has 0 bridgehead atoms. The molecule has 0 aromatic heterocycles. The van der Waals surface area contributed by atoms with E-state index in [1.165, 1.54) is 57.8 Å². The summed E-state index contributed by atoms with van der Waals surface area (Å²) < 4.78 is 60.5. The van der Waals surface area contributed by atoms with Gasteiger partial charge in [-0.2, -0.15) is 0 Å². The van der Waals surface area contributed by atoms with Crippen LogP contribution in [-0.4, -0.2) is 0 Å². The number of hydrogen-bond acceptors (Lipinski definition) is 0. The molecule has 0 aliphatic heterocycles. The van der Waals surface area contributed by atoms with E-state index in [9.17, 15) is 4.39 Å². The Bertz CT molecular complexity index is 1340. The second-order valence-corrected chi connectivity index (χ2v) is 12.4. The van der Waals surface area contributed by atoms with Gasteiger partial charge in [0.25, 0.3) is 0 Å². The summed E-state index contributed by atoms with van der Waals surface area (Å²) >= 11 is 0. The maximum atomic E-state index is 15.3. The molecule has 43 heavy (non-hydrogen) atoms. The van der Waals surface area contributed by atoms with Crippen molar-refractivity contribution in [3.8, 4) is 22.3 Å². The second-order valence-electron chi connectivity index (χ2n) is 12.4. The Morgan fingerprint density at radius 3 is 1.67 bits per heavy atom. The molecule has 4 rings (SSSR count). The predicted molar refractivity (Wildman–Crippen MR) is 173 cm³/mol. The van der Waals surface area contributed by atoms with Gasteiger partial charge in [-0.05, 0) is 60.3 Å². The average molecular weight is 593 g/mol. The maximum Gasteiger partial charge on any atom is 0.167 e. The lowest BCUT2D eigenvalue weighted by Gasteiger charge is -2.22. The maximum absolute atomic E-state index is 15.3. The number of rotatable bonds is 16. The van der Waals surface area contributed by atoms with E-state index >= 15 is 13.2 Å². The monoisotopic (exact) mass is 592 g/mol. The van der Waals surface area contributed by atoms with Crippen molar-refractivity contribution in [2.45, 2.75) is 117 Å². The first-order valence-corrected chi connectivity index (χ1v) is 16.7. The van der Waals surface area contributed by atoms with E-state index in [0.29, 0.717) is 34.6 Å². The molecular formula is C39H48F4. The van der Waals surface area contributed by atoms with Crippen molar-refractivity contribution < 1.29 is 17.6 Å². The normalized spacial score (nSPS) is 15.1. The summed E-state index contributed by atoms with van der Waals surface area (Å²) in [5.74, 6) is -2.72. The summed E-state index contributed by atoms with van der Waals surface area (Å²) in [5.41, 5.74) is 2.95. The van der Waals surface area contributed by atoms with Gasteiger partial charge in [0, 0.05) is 16.7 Å². The Hall–Kier alpha value is -2.88. The number of unbranched alkanes of at least 4 members (excludes halogenated alkanes) is 9. The Labute approximate surface area is 256 Å². The summed E-state index contributed by atoms with van der Waals surface area (Å²) in [6.07, 6.45) is 19.4. The molecule has 0 heterocycles. The van der Waals surface area contributed by atoms with E-state index in [2.05, 4.69) is 19.9 Å². The Morgan fingerprint density at radius 2 is 1.07 bits per heavy atom. The van der Waals surface area contributed by atoms with Crippen LogP contribution in [0.15, 0.2) is 54.6 Å². The van der Waals surface area contributed by atoms with Crippen molar-refractivity contribution in [2.24, 2.45) is 5.92 Å². The SMILES string of the molecule is CCCCCCCCCCc1ccc(-c2ccc(-c3ccc(C4=CCC(CCCCC)CC4)c(F)c3F)cc2)c(F)c1F. The zero-order valence-electron chi connectivity index (χ0n) is 26.1. The molecule has 0 saturated heterocycles. The van der Waals surface area contributed by atoms with Crippen molar-refractivity contribution >= 4 is 5.57 Å². The smallest absolute Gasteiger partial charge is 0.167 e. The average Bonchev–Trinajstić information content (AvgIpc) is 3.02. The first-order chi connectivity index (χ1) is 20.9. The van der Waals surface area contributed by atoms with E-state index in [-0.39, 0.29) is 11.1 Å². The van der Waals surface area contributed by atoms with Gasteiger partial charge >= 0.3 is 0 Å². The van der Waals surface area contributed by atoms with Crippen LogP contribution in [0.5, 0.6) is 0 Å². The van der Waals surface area contributed by atoms with Crippen molar-refractivity contribution in [3.63, 3.8) is 0 Å². The summed E-state index contributed by atoms with van der Waals surface area (Å²) in [4.78, 5) is 0. The third-order valence-corrected chi connectivity index (χ3v) is 9.13. The van der Waals surface area contributed by atoms with E-state index in [0.717, 1.165) is 44.1 Å². The lowest BCUT2D eigenvalue weighted by Crippen LogP contribution is -2.07. The predicted octanol–water partition coefficient (Wildman–Crippen LogP) is 13.0. The molecule has 4 heteroatoms. The molecule has 1 atom stereocenters. The molecule has 1 aliphatic carbocycles. The van der Waals surface area contributed by atoms with Gasteiger partial charge in [0.1, 0.15) is 0 Å². The third-order valence-electron chi connectivity index (χ3n) is 9.13. The van der Waals surface area contributed by atoms with Gasteiger partial charge in [-0.3, -0.25) is 0 Å². The fraction of sp³-hybridized carbons (Fsp3) is 0.487. The van der Waals surface area contributed by atoms with Gasteiger partial charge in [-0.25, -0.2) is 17.6 Å². The molecule has 3 aromatic carbocycles. The number of hydrogen-bond donors (Lipinski definition) is 0. The van der Waals surface area contributed by atoms with Crippen LogP contribution in [0.3, 0.4) is 0 Å². The fourth-order valence-corrected chi connectivity index (χ4v) is 6.38. The van der Waals surface area contributed by atoms with E-state index < -0.39 is 23.3 Å². The van der Waals surface area contributed by atoms with E-state index in [1.807, 2.05) is 0 Å². The van der Waals surface area contributed by atoms with Crippen molar-refractivity contribution in [1.82, 2.24) is 0 Å². The fourth-order valence-electron chi connectivity index (χ4n) is 6.38. The second kappa shape index (κ2) is 16.8. The summed E-state index contributed by atoms with van der Waals surface area (Å²) in [5, 5.41) is 0. The summed E-state index contributed by atoms with van der Waals surface area (Å²) in [6.45, 7) is 4.40. The van der Waals surface area contributed by atoms with Crippen LogP contribution >= 0.6 is 0 Å². The van der Waals surface area contributed by atoms with Crippen LogP contribution in [0, 0.1) is 29.2 Å². The molecule has 3 aromatic rings. The molecule has 232 valence electrons. The molecule has 0 fully saturated rings. The molecule has 0 nitrogen and oxygen atoms in total. The third kappa shape index (κ3) is 8.83. The van der Waals surface area contributed by atoms with Crippen LogP contribution in [0.4, 0.5) is 17.6 Å². The van der Waals surface area contributed by atoms with Gasteiger partial charge in [0.15, 0.2) is 23.3 Å². The largest absolute Gasteiger partial charge is 0.203 e. The lowest BCUT2D eigenvalue weighted by molar-refractivity contribution is 0.427. The first kappa shape index (κ1) is 33.0. The van der Waals surface area contributed by atoms with Gasteiger partial charge in [-0.15, -0.1) is 0 Å². The number of aryl methyl sites for hydroxylation is 1. The van der Waals surface area contributed by atoms with Crippen LogP contribution in [0.2, 0.25) is 0 Å². The summed E-state index contributed by atoms with van der Waals surface area (Å²) in [7, 11) is 0. The van der Waals surface area contributed by atoms with Crippen molar-refractivity contribution in [1.29, 1.82) is 0 Å². The zero-order chi connectivity index (χ0) is 30.6. The molecule has 0 N–H and O–H groups in total. The minimum Gasteiger partial charge on any atom is -0.203 e. The molecule has 1 aliphatic rings. The van der Waals surface area contributed by atoms with Crippen LogP contribution in [-0.2, 0) is 6.42 Å². The minimum absolute atomic E-state index is 0.161. The highest BCUT2D eigenvalue weighted by Crippen LogP contribution is 2.37. The Morgan fingerprint density at radius 1 is 0.558 bits per heavy atom. The summed E-state index contributed by atoms with van der Waals surface area (Å²) in [6, 6.07) is 13.1. The highest BCUT2D eigenvalue weighted by molar-refractivity contribution is 5.74. The van der Waals surface area contributed by atoms with Gasteiger partial charge in [0.05, 0.1) is 0 Å². The molecule has 0 spiro atoms. The zero-order valence-corrected chi connectivity index (χ0v) is 26.1.